The van der Waals surface area contributed by atoms with Crippen molar-refractivity contribution in [1.29, 1.82) is 0 Å². The fourth-order valence-electron chi connectivity index (χ4n) is 3.97. The van der Waals surface area contributed by atoms with E-state index >= 15 is 0 Å². The van der Waals surface area contributed by atoms with Gasteiger partial charge >= 0.3 is 0 Å². The van der Waals surface area contributed by atoms with Crippen molar-refractivity contribution in [2.45, 2.75) is 25.0 Å². The molecule has 1 heterocycles. The van der Waals surface area contributed by atoms with E-state index in [1.165, 1.54) is 0 Å². The van der Waals surface area contributed by atoms with Crippen LogP contribution in [0.4, 0.5) is 0 Å². The molecule has 1 aliphatic rings. The van der Waals surface area contributed by atoms with Gasteiger partial charge in [-0.1, -0.05) is 48.5 Å². The summed E-state index contributed by atoms with van der Waals surface area (Å²) in [7, 11) is 7.65. The quantitative estimate of drug-likeness (QED) is 0.590. The van der Waals surface area contributed by atoms with E-state index in [2.05, 4.69) is 10.2 Å². The highest BCUT2D eigenvalue weighted by Crippen LogP contribution is 2.26. The van der Waals surface area contributed by atoms with Gasteiger partial charge in [-0.3, -0.25) is 9.59 Å². The Morgan fingerprint density at radius 1 is 1.00 bits per heavy atom. The van der Waals surface area contributed by atoms with Crippen LogP contribution in [0.5, 0.6) is 5.75 Å². The first-order valence-electron chi connectivity index (χ1n) is 11.0. The monoisotopic (exact) mass is 510 g/mol. The number of hydrogen-bond acceptors (Lipinski definition) is 5. The third-order valence-electron chi connectivity index (χ3n) is 5.42. The molecule has 7 nitrogen and oxygen atoms in total. The van der Waals surface area contributed by atoms with Crippen molar-refractivity contribution in [3.05, 3.63) is 65.7 Å². The highest BCUT2D eigenvalue weighted by atomic mass is 35.5. The number of benzene rings is 2. The topological polar surface area (TPSA) is 65.1 Å². The molecule has 0 saturated heterocycles. The van der Waals surface area contributed by atoms with E-state index in [1.54, 1.807) is 4.90 Å². The average molecular weight is 511 g/mol. The van der Waals surface area contributed by atoms with Crippen LogP contribution in [0.2, 0.25) is 0 Å². The highest BCUT2D eigenvalue weighted by Gasteiger charge is 2.34. The molecule has 0 aromatic heterocycles. The predicted molar refractivity (Wildman–Crippen MR) is 140 cm³/mol. The van der Waals surface area contributed by atoms with E-state index in [0.29, 0.717) is 26.1 Å². The molecule has 0 saturated carbocycles. The third-order valence-corrected chi connectivity index (χ3v) is 5.42. The minimum atomic E-state index is -0.653. The normalized spacial score (nSPS) is 15.8. The van der Waals surface area contributed by atoms with Gasteiger partial charge in [0.1, 0.15) is 18.4 Å². The summed E-state index contributed by atoms with van der Waals surface area (Å²) < 4.78 is 6.06. The molecule has 2 atom stereocenters. The third kappa shape index (κ3) is 8.47. The number of halogens is 2. The van der Waals surface area contributed by atoms with Crippen molar-refractivity contribution in [1.82, 2.24) is 20.0 Å². The van der Waals surface area contributed by atoms with E-state index in [9.17, 15) is 9.59 Å². The summed E-state index contributed by atoms with van der Waals surface area (Å²) >= 11 is 0. The second-order valence-corrected chi connectivity index (χ2v) is 8.85. The Bertz CT molecular complexity index is 912. The van der Waals surface area contributed by atoms with Gasteiger partial charge in [0.15, 0.2) is 0 Å². The molecule has 2 aromatic rings. The second kappa shape index (κ2) is 14.2. The molecule has 2 amide bonds. The maximum Gasteiger partial charge on any atom is 0.246 e. The number of rotatable bonds is 8. The van der Waals surface area contributed by atoms with E-state index in [0.717, 1.165) is 16.9 Å². The number of ether oxygens (including phenoxy) is 1. The number of para-hydroxylation sites is 1. The summed E-state index contributed by atoms with van der Waals surface area (Å²) in [5.41, 5.74) is 1.98. The average Bonchev–Trinajstić information content (AvgIpc) is 2.92. The number of likely N-dealkylation sites (N-methyl/N-ethyl adjacent to an activating group) is 2. The fourth-order valence-corrected chi connectivity index (χ4v) is 3.97. The standard InChI is InChI=1S/C25H34N4O3.2ClH/c1-27(2)16-21-18-32-23-13-9-8-12-20(23)15-29(21)25(31)22(26-24(30)17-28(3)4)14-19-10-6-5-7-11-19;;/h5-13,21-22H,14-18H2,1-4H3,(H,26,30);2*1H. The Morgan fingerprint density at radius 2 is 1.65 bits per heavy atom. The van der Waals surface area contributed by atoms with E-state index in [1.807, 2.05) is 87.7 Å². The van der Waals surface area contributed by atoms with Gasteiger partial charge in [0, 0.05) is 25.1 Å². The maximum atomic E-state index is 13.9. The lowest BCUT2D eigenvalue weighted by molar-refractivity contribution is -0.139. The number of nitrogens with one attached hydrogen (secondary N) is 1. The molecule has 3 rings (SSSR count). The molecular formula is C25H36Cl2N4O3. The van der Waals surface area contributed by atoms with Crippen molar-refractivity contribution in [2.24, 2.45) is 0 Å². The first-order valence-corrected chi connectivity index (χ1v) is 11.0. The van der Waals surface area contributed by atoms with Crippen molar-refractivity contribution in [3.8, 4) is 5.75 Å². The second-order valence-electron chi connectivity index (χ2n) is 8.85. The van der Waals surface area contributed by atoms with Gasteiger partial charge in [-0.05, 0) is 39.8 Å². The molecular weight excluding hydrogens is 475 g/mol. The maximum absolute atomic E-state index is 13.9. The Morgan fingerprint density at radius 3 is 2.29 bits per heavy atom. The summed E-state index contributed by atoms with van der Waals surface area (Å²) in [5, 5.41) is 2.99. The van der Waals surface area contributed by atoms with E-state index < -0.39 is 6.04 Å². The molecule has 0 aliphatic carbocycles. The zero-order valence-electron chi connectivity index (χ0n) is 20.3. The van der Waals surface area contributed by atoms with E-state index in [-0.39, 0.29) is 49.2 Å². The van der Waals surface area contributed by atoms with Crippen molar-refractivity contribution in [3.63, 3.8) is 0 Å². The van der Waals surface area contributed by atoms with Crippen LogP contribution < -0.4 is 10.1 Å². The molecule has 0 fully saturated rings. The Labute approximate surface area is 215 Å². The summed E-state index contributed by atoms with van der Waals surface area (Å²) in [6, 6.07) is 16.9. The van der Waals surface area contributed by atoms with Gasteiger partial charge in [-0.2, -0.15) is 0 Å². The largest absolute Gasteiger partial charge is 0.491 e. The molecule has 1 N–H and O–H groups in total. The van der Waals surface area contributed by atoms with Gasteiger partial charge in [-0.25, -0.2) is 0 Å². The number of carbonyl (C=O) groups is 2. The van der Waals surface area contributed by atoms with Crippen LogP contribution in [-0.2, 0) is 22.6 Å². The number of hydrogen-bond donors (Lipinski definition) is 1. The Balaban J connectivity index is 0.00000289. The van der Waals surface area contributed by atoms with Gasteiger partial charge in [0.05, 0.1) is 12.6 Å². The lowest BCUT2D eigenvalue weighted by atomic mass is 10.0. The molecule has 9 heteroatoms. The summed E-state index contributed by atoms with van der Waals surface area (Å²) in [6.45, 7) is 1.75. The lowest BCUT2D eigenvalue weighted by Crippen LogP contribution is -2.56. The first kappa shape index (κ1) is 29.7. The van der Waals surface area contributed by atoms with E-state index in [4.69, 9.17) is 4.74 Å². The zero-order valence-corrected chi connectivity index (χ0v) is 21.9. The Kier molecular flexibility index (Phi) is 12.4. The van der Waals surface area contributed by atoms with Crippen molar-refractivity contribution >= 4 is 36.6 Å². The van der Waals surface area contributed by atoms with Crippen molar-refractivity contribution < 1.29 is 14.3 Å². The van der Waals surface area contributed by atoms with Gasteiger partial charge < -0.3 is 24.8 Å². The SMILES string of the molecule is CN(C)CC(=O)NC(Cc1ccccc1)C(=O)N1Cc2ccccc2OCC1CN(C)C.Cl.Cl. The number of nitrogens with zero attached hydrogens (tertiary/aromatic N) is 3. The first-order chi connectivity index (χ1) is 15.3. The molecule has 1 aliphatic heterocycles. The van der Waals surface area contributed by atoms with Crippen LogP contribution in [0.15, 0.2) is 54.6 Å². The molecule has 0 bridgehead atoms. The molecule has 34 heavy (non-hydrogen) atoms. The minimum Gasteiger partial charge on any atom is -0.491 e. The number of carbonyl (C=O) groups excluding carboxylic acids is 2. The van der Waals surface area contributed by atoms with Crippen LogP contribution >= 0.6 is 24.8 Å². The van der Waals surface area contributed by atoms with Gasteiger partial charge in [0.2, 0.25) is 11.8 Å². The summed E-state index contributed by atoms with van der Waals surface area (Å²) in [6.07, 6.45) is 0.437. The lowest BCUT2D eigenvalue weighted by Gasteiger charge is -2.34. The van der Waals surface area contributed by atoms with Crippen LogP contribution in [-0.4, -0.2) is 86.5 Å². The van der Waals surface area contributed by atoms with Gasteiger partial charge in [0.25, 0.3) is 0 Å². The summed E-state index contributed by atoms with van der Waals surface area (Å²) in [4.78, 5) is 32.2. The minimum absolute atomic E-state index is 0. The van der Waals surface area contributed by atoms with Crippen LogP contribution in [0, 0.1) is 0 Å². The fraction of sp³-hybridized carbons (Fsp3) is 0.440. The molecule has 0 spiro atoms. The number of amides is 2. The zero-order chi connectivity index (χ0) is 23.1. The van der Waals surface area contributed by atoms with Gasteiger partial charge in [-0.15, -0.1) is 24.8 Å². The van der Waals surface area contributed by atoms with Crippen LogP contribution in [0.3, 0.4) is 0 Å². The Hall–Kier alpha value is -2.32. The van der Waals surface area contributed by atoms with Crippen LogP contribution in [0.1, 0.15) is 11.1 Å². The molecule has 2 unspecified atom stereocenters. The predicted octanol–water partition coefficient (Wildman–Crippen LogP) is 2.47. The molecule has 188 valence electrons. The summed E-state index contributed by atoms with van der Waals surface area (Å²) in [5.74, 6) is 0.552. The molecule has 0 radical (unpaired) electrons. The van der Waals surface area contributed by atoms with Crippen LogP contribution in [0.25, 0.3) is 0 Å². The molecule has 2 aromatic carbocycles. The smallest absolute Gasteiger partial charge is 0.246 e. The number of fused-ring (bicyclic) bond motifs is 1. The highest BCUT2D eigenvalue weighted by molar-refractivity contribution is 5.89. The van der Waals surface area contributed by atoms with Crippen molar-refractivity contribution in [2.75, 3.05) is 47.9 Å².